The van der Waals surface area contributed by atoms with Crippen molar-refractivity contribution in [2.75, 3.05) is 6.54 Å². The molecule has 4 atom stereocenters. The smallest absolute Gasteiger partial charge is 0.241 e. The molecule has 0 aromatic rings. The minimum absolute atomic E-state index is 0.0268. The van der Waals surface area contributed by atoms with Gasteiger partial charge in [0, 0.05) is 6.54 Å². The van der Waals surface area contributed by atoms with E-state index in [2.05, 4.69) is 37.9 Å². The molecule has 1 heterocycles. The Hall–Kier alpha value is -0.570. The molecular formula is C15H28N2O. The third-order valence-corrected chi connectivity index (χ3v) is 4.82. The van der Waals surface area contributed by atoms with Crippen LogP contribution in [0.1, 0.15) is 53.4 Å². The van der Waals surface area contributed by atoms with E-state index >= 15 is 0 Å². The van der Waals surface area contributed by atoms with Crippen molar-refractivity contribution in [1.82, 2.24) is 10.2 Å². The molecule has 0 spiro atoms. The highest BCUT2D eigenvalue weighted by molar-refractivity contribution is 5.84. The van der Waals surface area contributed by atoms with Crippen molar-refractivity contribution in [3.8, 4) is 0 Å². The molecule has 0 bridgehead atoms. The molecule has 0 radical (unpaired) electrons. The summed E-state index contributed by atoms with van der Waals surface area (Å²) in [6.45, 7) is 9.66. The van der Waals surface area contributed by atoms with Crippen molar-refractivity contribution >= 4 is 5.91 Å². The lowest BCUT2D eigenvalue weighted by Gasteiger charge is -2.33. The number of rotatable bonds is 3. The van der Waals surface area contributed by atoms with Crippen LogP contribution in [-0.4, -0.2) is 29.6 Å². The van der Waals surface area contributed by atoms with Crippen molar-refractivity contribution in [2.45, 2.75) is 65.6 Å². The molecule has 3 heteroatoms. The summed E-state index contributed by atoms with van der Waals surface area (Å²) in [5, 5.41) is 3.43. The first-order valence-corrected chi connectivity index (χ1v) is 7.57. The summed E-state index contributed by atoms with van der Waals surface area (Å²) in [6, 6.07) is 0.0268. The van der Waals surface area contributed by atoms with E-state index in [4.69, 9.17) is 0 Å². The van der Waals surface area contributed by atoms with Gasteiger partial charge in [-0.1, -0.05) is 40.0 Å². The van der Waals surface area contributed by atoms with Gasteiger partial charge in [-0.25, -0.2) is 0 Å². The minimum atomic E-state index is 0.0268. The van der Waals surface area contributed by atoms with Gasteiger partial charge in [0.25, 0.3) is 0 Å². The Morgan fingerprint density at radius 2 is 1.94 bits per heavy atom. The van der Waals surface area contributed by atoms with Crippen LogP contribution in [0.3, 0.4) is 0 Å². The lowest BCUT2D eigenvalue weighted by atomic mass is 9.80. The van der Waals surface area contributed by atoms with E-state index in [9.17, 15) is 4.79 Å². The fourth-order valence-corrected chi connectivity index (χ4v) is 3.43. The van der Waals surface area contributed by atoms with Gasteiger partial charge >= 0.3 is 0 Å². The van der Waals surface area contributed by atoms with Crippen LogP contribution >= 0.6 is 0 Å². The van der Waals surface area contributed by atoms with Gasteiger partial charge in [0.2, 0.25) is 5.91 Å². The standard InChI is InChI=1S/C15H28N2O/c1-10(2)14-15(18)17(12(4)16-14)9-13-8-6-5-7-11(13)3/h10-14,16H,5-9H2,1-4H3. The van der Waals surface area contributed by atoms with Crippen molar-refractivity contribution in [3.05, 3.63) is 0 Å². The van der Waals surface area contributed by atoms with Gasteiger partial charge in [-0.3, -0.25) is 10.1 Å². The zero-order valence-electron chi connectivity index (χ0n) is 12.3. The third-order valence-electron chi connectivity index (χ3n) is 4.82. The van der Waals surface area contributed by atoms with Gasteiger partial charge < -0.3 is 4.90 Å². The second-order valence-electron chi connectivity index (χ2n) is 6.58. The molecule has 1 N–H and O–H groups in total. The van der Waals surface area contributed by atoms with E-state index in [0.717, 1.165) is 12.5 Å². The van der Waals surface area contributed by atoms with Gasteiger partial charge in [-0.2, -0.15) is 0 Å². The van der Waals surface area contributed by atoms with Crippen LogP contribution in [0.5, 0.6) is 0 Å². The largest absolute Gasteiger partial charge is 0.326 e. The molecule has 3 nitrogen and oxygen atoms in total. The Balaban J connectivity index is 1.98. The molecule has 2 aliphatic rings. The summed E-state index contributed by atoms with van der Waals surface area (Å²) >= 11 is 0. The summed E-state index contributed by atoms with van der Waals surface area (Å²) in [5.74, 6) is 2.18. The van der Waals surface area contributed by atoms with Crippen molar-refractivity contribution < 1.29 is 4.79 Å². The monoisotopic (exact) mass is 252 g/mol. The highest BCUT2D eigenvalue weighted by Crippen LogP contribution is 2.31. The van der Waals surface area contributed by atoms with Crippen LogP contribution in [-0.2, 0) is 4.79 Å². The average Bonchev–Trinajstić information content (AvgIpc) is 2.60. The van der Waals surface area contributed by atoms with Crippen molar-refractivity contribution in [2.24, 2.45) is 17.8 Å². The molecule has 4 unspecified atom stereocenters. The Kier molecular flexibility index (Phi) is 4.31. The zero-order chi connectivity index (χ0) is 13.3. The van der Waals surface area contributed by atoms with E-state index in [1.54, 1.807) is 0 Å². The summed E-state index contributed by atoms with van der Waals surface area (Å²) in [5.41, 5.74) is 0. The van der Waals surface area contributed by atoms with Crippen LogP contribution in [0.25, 0.3) is 0 Å². The number of hydrogen-bond donors (Lipinski definition) is 1. The molecular weight excluding hydrogens is 224 g/mol. The van der Waals surface area contributed by atoms with Crippen LogP contribution in [0.4, 0.5) is 0 Å². The molecule has 2 fully saturated rings. The van der Waals surface area contributed by atoms with Gasteiger partial charge in [0.05, 0.1) is 12.2 Å². The van der Waals surface area contributed by atoms with E-state index in [-0.39, 0.29) is 12.2 Å². The quantitative estimate of drug-likeness (QED) is 0.837. The van der Waals surface area contributed by atoms with Crippen molar-refractivity contribution in [3.63, 3.8) is 0 Å². The van der Waals surface area contributed by atoms with Gasteiger partial charge in [0.15, 0.2) is 0 Å². The number of hydrogen-bond acceptors (Lipinski definition) is 2. The van der Waals surface area contributed by atoms with E-state index in [0.29, 0.717) is 17.7 Å². The van der Waals surface area contributed by atoms with E-state index in [1.165, 1.54) is 25.7 Å². The summed E-state index contributed by atoms with van der Waals surface area (Å²) in [7, 11) is 0. The molecule has 1 aliphatic carbocycles. The molecule has 104 valence electrons. The molecule has 1 saturated heterocycles. The second kappa shape index (κ2) is 5.60. The first kappa shape index (κ1) is 13.9. The summed E-state index contributed by atoms with van der Waals surface area (Å²) in [6.07, 6.45) is 5.55. The van der Waals surface area contributed by atoms with Gasteiger partial charge in [-0.15, -0.1) is 0 Å². The zero-order valence-corrected chi connectivity index (χ0v) is 12.3. The topological polar surface area (TPSA) is 32.3 Å². The molecule has 1 saturated carbocycles. The fourth-order valence-electron chi connectivity index (χ4n) is 3.43. The van der Waals surface area contributed by atoms with E-state index < -0.39 is 0 Å². The first-order valence-electron chi connectivity index (χ1n) is 7.57. The predicted molar refractivity (Wildman–Crippen MR) is 74.1 cm³/mol. The molecule has 0 aromatic carbocycles. The van der Waals surface area contributed by atoms with Gasteiger partial charge in [0.1, 0.15) is 0 Å². The normalized spacial score (nSPS) is 37.6. The molecule has 2 rings (SSSR count). The van der Waals surface area contributed by atoms with E-state index in [1.807, 2.05) is 0 Å². The van der Waals surface area contributed by atoms with Crippen molar-refractivity contribution in [1.29, 1.82) is 0 Å². The number of amides is 1. The maximum absolute atomic E-state index is 12.4. The fraction of sp³-hybridized carbons (Fsp3) is 0.933. The maximum Gasteiger partial charge on any atom is 0.241 e. The van der Waals surface area contributed by atoms with Crippen LogP contribution in [0, 0.1) is 17.8 Å². The minimum Gasteiger partial charge on any atom is -0.326 e. The summed E-state index contributed by atoms with van der Waals surface area (Å²) < 4.78 is 0. The molecule has 0 aromatic heterocycles. The third kappa shape index (κ3) is 2.71. The number of nitrogens with zero attached hydrogens (tertiary/aromatic N) is 1. The number of carbonyl (C=O) groups is 1. The highest BCUT2D eigenvalue weighted by Gasteiger charge is 2.39. The highest BCUT2D eigenvalue weighted by atomic mass is 16.2. The Labute approximate surface area is 111 Å². The SMILES string of the molecule is CC(C)C1NC(C)N(CC2CCCCC2C)C1=O. The average molecular weight is 252 g/mol. The van der Waals surface area contributed by atoms with Crippen LogP contribution in [0.2, 0.25) is 0 Å². The molecule has 1 amide bonds. The van der Waals surface area contributed by atoms with Crippen LogP contribution < -0.4 is 5.32 Å². The lowest BCUT2D eigenvalue weighted by Crippen LogP contribution is -2.40. The first-order chi connectivity index (χ1) is 8.50. The Morgan fingerprint density at radius 3 is 2.50 bits per heavy atom. The Morgan fingerprint density at radius 1 is 1.28 bits per heavy atom. The predicted octanol–water partition coefficient (Wildman–Crippen LogP) is 2.62. The van der Waals surface area contributed by atoms with Crippen LogP contribution in [0.15, 0.2) is 0 Å². The summed E-state index contributed by atoms with van der Waals surface area (Å²) in [4.78, 5) is 14.5. The molecule has 1 aliphatic heterocycles. The number of carbonyl (C=O) groups excluding carboxylic acids is 1. The Bertz CT molecular complexity index is 303. The maximum atomic E-state index is 12.4. The second-order valence-corrected chi connectivity index (χ2v) is 6.58. The van der Waals surface area contributed by atoms with Gasteiger partial charge in [-0.05, 0) is 31.1 Å². The molecule has 18 heavy (non-hydrogen) atoms. The number of nitrogens with one attached hydrogen (secondary N) is 1. The lowest BCUT2D eigenvalue weighted by molar-refractivity contribution is -0.131.